The number of hydrogen-bond acceptors (Lipinski definition) is 5. The third-order valence-electron chi connectivity index (χ3n) is 5.39. The Bertz CT molecular complexity index is 807. The number of aromatic nitrogens is 2. The summed E-state index contributed by atoms with van der Waals surface area (Å²) in [6, 6.07) is 8.41. The third kappa shape index (κ3) is 3.90. The van der Waals surface area contributed by atoms with E-state index < -0.39 is 0 Å². The molecular formula is C20H27N5OS. The number of carbonyl (C=O) groups is 1. The summed E-state index contributed by atoms with van der Waals surface area (Å²) in [6.45, 7) is 6.02. The number of anilines is 1. The summed E-state index contributed by atoms with van der Waals surface area (Å²) in [6.07, 6.45) is 4.80. The molecule has 144 valence electrons. The second-order valence-electron chi connectivity index (χ2n) is 7.32. The first kappa shape index (κ1) is 18.5. The molecule has 1 aromatic carbocycles. The molecule has 2 aliphatic heterocycles. The number of thioether (sulfide) groups is 1. The molecular weight excluding hydrogens is 358 g/mol. The summed E-state index contributed by atoms with van der Waals surface area (Å²) < 4.78 is 2.05. The summed E-state index contributed by atoms with van der Waals surface area (Å²) >= 11 is 1.87. The van der Waals surface area contributed by atoms with Gasteiger partial charge in [0.2, 0.25) is 5.91 Å². The highest BCUT2D eigenvalue weighted by Gasteiger charge is 2.31. The van der Waals surface area contributed by atoms with Gasteiger partial charge in [-0.2, -0.15) is 0 Å². The Kier molecular flexibility index (Phi) is 5.52. The second kappa shape index (κ2) is 8.04. The van der Waals surface area contributed by atoms with Crippen molar-refractivity contribution in [1.82, 2.24) is 19.8 Å². The minimum atomic E-state index is 0.123. The van der Waals surface area contributed by atoms with Crippen molar-refractivity contribution in [1.29, 1.82) is 0 Å². The maximum absolute atomic E-state index is 13.3. The molecule has 27 heavy (non-hydrogen) atoms. The van der Waals surface area contributed by atoms with Gasteiger partial charge in [-0.05, 0) is 18.6 Å². The van der Waals surface area contributed by atoms with Crippen LogP contribution in [0.5, 0.6) is 0 Å². The molecule has 7 heteroatoms. The number of piperazine rings is 1. The van der Waals surface area contributed by atoms with Crippen LogP contribution in [0.4, 0.5) is 5.69 Å². The minimum Gasteiger partial charge on any atom is -0.337 e. The lowest BCUT2D eigenvalue weighted by molar-refractivity contribution is -0.120. The fraction of sp³-hybridized carbons (Fsp3) is 0.500. The van der Waals surface area contributed by atoms with Crippen LogP contribution < -0.4 is 10.2 Å². The SMILES string of the molecule is CC1CCN(C(=O)CN2CCNCC2c2nccn2C)c2ccccc2S1. The van der Waals surface area contributed by atoms with Crippen LogP contribution in [-0.4, -0.2) is 58.3 Å². The normalized spacial score (nSPS) is 23.7. The van der Waals surface area contributed by atoms with E-state index in [4.69, 9.17) is 0 Å². The van der Waals surface area contributed by atoms with E-state index in [2.05, 4.69) is 44.9 Å². The first-order chi connectivity index (χ1) is 13.1. The van der Waals surface area contributed by atoms with Crippen molar-refractivity contribution in [2.75, 3.05) is 37.6 Å². The number of hydrogen-bond donors (Lipinski definition) is 1. The molecule has 0 spiro atoms. The van der Waals surface area contributed by atoms with E-state index in [1.807, 2.05) is 42.2 Å². The second-order valence-corrected chi connectivity index (χ2v) is 8.80. The zero-order valence-corrected chi connectivity index (χ0v) is 16.8. The number of carbonyl (C=O) groups excluding carboxylic acids is 1. The summed E-state index contributed by atoms with van der Waals surface area (Å²) in [5.41, 5.74) is 1.06. The van der Waals surface area contributed by atoms with Crippen molar-refractivity contribution >= 4 is 23.4 Å². The van der Waals surface area contributed by atoms with Gasteiger partial charge < -0.3 is 14.8 Å². The molecule has 0 bridgehead atoms. The fourth-order valence-electron chi connectivity index (χ4n) is 3.89. The lowest BCUT2D eigenvalue weighted by Crippen LogP contribution is -2.51. The van der Waals surface area contributed by atoms with Crippen LogP contribution in [0.3, 0.4) is 0 Å². The molecule has 3 heterocycles. The molecule has 2 unspecified atom stereocenters. The highest BCUT2D eigenvalue weighted by molar-refractivity contribution is 8.00. The fourth-order valence-corrected chi connectivity index (χ4v) is 5.01. The molecule has 1 fully saturated rings. The first-order valence-electron chi connectivity index (χ1n) is 9.61. The van der Waals surface area contributed by atoms with E-state index in [0.29, 0.717) is 11.8 Å². The highest BCUT2D eigenvalue weighted by atomic mass is 32.2. The molecule has 1 amide bonds. The van der Waals surface area contributed by atoms with Crippen LogP contribution in [0.15, 0.2) is 41.6 Å². The Balaban J connectivity index is 1.55. The topological polar surface area (TPSA) is 53.4 Å². The van der Waals surface area contributed by atoms with Crippen LogP contribution in [-0.2, 0) is 11.8 Å². The summed E-state index contributed by atoms with van der Waals surface area (Å²) in [5, 5.41) is 3.96. The monoisotopic (exact) mass is 385 g/mol. The van der Waals surface area contributed by atoms with Gasteiger partial charge in [-0.1, -0.05) is 19.1 Å². The van der Waals surface area contributed by atoms with E-state index in [0.717, 1.165) is 44.1 Å². The number of fused-ring (bicyclic) bond motifs is 1. The Morgan fingerprint density at radius 1 is 1.33 bits per heavy atom. The number of para-hydroxylation sites is 1. The van der Waals surface area contributed by atoms with Crippen LogP contribution in [0.25, 0.3) is 0 Å². The highest BCUT2D eigenvalue weighted by Crippen LogP contribution is 2.37. The van der Waals surface area contributed by atoms with Gasteiger partial charge >= 0.3 is 0 Å². The van der Waals surface area contributed by atoms with Gasteiger partial charge in [0, 0.05) is 55.8 Å². The molecule has 0 saturated carbocycles. The summed E-state index contributed by atoms with van der Waals surface area (Å²) in [4.78, 5) is 23.3. The van der Waals surface area contributed by atoms with Crippen LogP contribution in [0.2, 0.25) is 0 Å². The van der Waals surface area contributed by atoms with E-state index in [1.165, 1.54) is 4.90 Å². The van der Waals surface area contributed by atoms with Crippen molar-refractivity contribution in [2.24, 2.45) is 7.05 Å². The predicted octanol–water partition coefficient (Wildman–Crippen LogP) is 2.28. The van der Waals surface area contributed by atoms with Gasteiger partial charge in [0.25, 0.3) is 0 Å². The molecule has 6 nitrogen and oxygen atoms in total. The molecule has 2 aromatic rings. The number of nitrogens with zero attached hydrogens (tertiary/aromatic N) is 4. The lowest BCUT2D eigenvalue weighted by atomic mass is 10.1. The number of amides is 1. The molecule has 2 atom stereocenters. The van der Waals surface area contributed by atoms with Crippen LogP contribution in [0, 0.1) is 0 Å². The summed E-state index contributed by atoms with van der Waals surface area (Å²) in [5.74, 6) is 1.19. The van der Waals surface area contributed by atoms with E-state index in [1.54, 1.807) is 0 Å². The Morgan fingerprint density at radius 2 is 2.19 bits per heavy atom. The maximum Gasteiger partial charge on any atom is 0.241 e. The predicted molar refractivity (Wildman–Crippen MR) is 109 cm³/mol. The van der Waals surface area contributed by atoms with Crippen molar-refractivity contribution in [3.8, 4) is 0 Å². The number of aryl methyl sites for hydroxylation is 1. The van der Waals surface area contributed by atoms with Gasteiger partial charge in [0.15, 0.2) is 0 Å². The third-order valence-corrected chi connectivity index (χ3v) is 6.63. The van der Waals surface area contributed by atoms with Gasteiger partial charge in [-0.15, -0.1) is 11.8 Å². The van der Waals surface area contributed by atoms with Crippen molar-refractivity contribution in [2.45, 2.75) is 29.5 Å². The zero-order valence-electron chi connectivity index (χ0n) is 16.0. The number of nitrogens with one attached hydrogen (secondary N) is 1. The molecule has 0 radical (unpaired) electrons. The van der Waals surface area contributed by atoms with E-state index >= 15 is 0 Å². The van der Waals surface area contributed by atoms with E-state index in [9.17, 15) is 4.79 Å². The smallest absolute Gasteiger partial charge is 0.241 e. The van der Waals surface area contributed by atoms with Crippen LogP contribution in [0.1, 0.15) is 25.2 Å². The van der Waals surface area contributed by atoms with Crippen LogP contribution >= 0.6 is 11.8 Å². The molecule has 0 aliphatic carbocycles. The Labute approximate surface area is 164 Å². The molecule has 1 saturated heterocycles. The number of rotatable bonds is 3. The quantitative estimate of drug-likeness (QED) is 0.879. The van der Waals surface area contributed by atoms with Crippen molar-refractivity contribution in [3.05, 3.63) is 42.5 Å². The Morgan fingerprint density at radius 3 is 3.00 bits per heavy atom. The summed E-state index contributed by atoms with van der Waals surface area (Å²) in [7, 11) is 2.01. The van der Waals surface area contributed by atoms with Gasteiger partial charge in [-0.25, -0.2) is 4.98 Å². The largest absolute Gasteiger partial charge is 0.337 e. The molecule has 4 rings (SSSR count). The standard InChI is InChI=1S/C20H27N5OS/c1-15-7-10-25(16-5-3-4-6-18(16)27-15)19(26)14-24-12-8-21-13-17(24)20-22-9-11-23(20)2/h3-6,9,11,15,17,21H,7-8,10,12-14H2,1-2H3. The van der Waals surface area contributed by atoms with E-state index in [-0.39, 0.29) is 11.9 Å². The zero-order chi connectivity index (χ0) is 18.8. The molecule has 2 aliphatic rings. The average Bonchev–Trinajstić information content (AvgIpc) is 3.01. The minimum absolute atomic E-state index is 0.123. The lowest BCUT2D eigenvalue weighted by Gasteiger charge is -2.36. The van der Waals surface area contributed by atoms with Crippen molar-refractivity contribution in [3.63, 3.8) is 0 Å². The van der Waals surface area contributed by atoms with Gasteiger partial charge in [0.1, 0.15) is 5.82 Å². The average molecular weight is 386 g/mol. The first-order valence-corrected chi connectivity index (χ1v) is 10.5. The van der Waals surface area contributed by atoms with Crippen molar-refractivity contribution < 1.29 is 4.79 Å². The van der Waals surface area contributed by atoms with Gasteiger partial charge in [0.05, 0.1) is 18.3 Å². The molecule has 1 aromatic heterocycles. The number of imidazole rings is 1. The number of benzene rings is 1. The van der Waals surface area contributed by atoms with Gasteiger partial charge in [-0.3, -0.25) is 9.69 Å². The maximum atomic E-state index is 13.3. The Hall–Kier alpha value is -1.83. The molecule has 1 N–H and O–H groups in total.